The number of carboxylic acid groups (broad SMARTS) is 1. The molecule has 0 spiro atoms. The Kier molecular flexibility index (Phi) is 8.60. The summed E-state index contributed by atoms with van der Waals surface area (Å²) in [5.41, 5.74) is 2.17. The lowest BCUT2D eigenvalue weighted by Crippen LogP contribution is -2.45. The maximum absolute atomic E-state index is 13.2. The SMILES string of the molecule is COc1ccccc1C(=O)/C=C/c1ccc(/C=C2/N[C@H](S)N([C@@H](Cc3ccccc3)C(=O)O)S2=O)cc1. The van der Waals surface area contributed by atoms with Crippen molar-refractivity contribution < 1.29 is 23.6 Å². The molecule has 0 aliphatic carbocycles. The Labute approximate surface area is 223 Å². The number of hydrogen-bond acceptors (Lipinski definition) is 6. The molecule has 4 rings (SSSR count). The van der Waals surface area contributed by atoms with Gasteiger partial charge in [0.25, 0.3) is 0 Å². The Hall–Kier alpha value is -3.66. The van der Waals surface area contributed by atoms with Crippen molar-refractivity contribution in [3.8, 4) is 5.75 Å². The Balaban J connectivity index is 1.47. The summed E-state index contributed by atoms with van der Waals surface area (Å²) in [7, 11) is -0.214. The van der Waals surface area contributed by atoms with Gasteiger partial charge in [0, 0.05) is 0 Å². The van der Waals surface area contributed by atoms with Crippen LogP contribution in [0.3, 0.4) is 0 Å². The Morgan fingerprint density at radius 2 is 1.70 bits per heavy atom. The summed E-state index contributed by atoms with van der Waals surface area (Å²) in [5, 5.41) is 13.2. The van der Waals surface area contributed by atoms with Gasteiger partial charge >= 0.3 is 5.97 Å². The number of methoxy groups -OCH3 is 1. The van der Waals surface area contributed by atoms with Crippen molar-refractivity contribution in [1.82, 2.24) is 9.62 Å². The molecule has 3 aromatic carbocycles. The molecule has 1 heterocycles. The monoisotopic (exact) mass is 534 g/mol. The largest absolute Gasteiger partial charge is 0.496 e. The summed E-state index contributed by atoms with van der Waals surface area (Å²) in [6.45, 7) is 0. The first-order valence-electron chi connectivity index (χ1n) is 11.5. The fraction of sp³-hybridized carbons (Fsp3) is 0.143. The second-order valence-electron chi connectivity index (χ2n) is 8.24. The third-order valence-electron chi connectivity index (χ3n) is 5.79. The van der Waals surface area contributed by atoms with Crippen molar-refractivity contribution >= 4 is 47.5 Å². The lowest BCUT2D eigenvalue weighted by molar-refractivity contribution is -0.141. The van der Waals surface area contributed by atoms with Gasteiger partial charge in [-0.25, -0.2) is 4.21 Å². The van der Waals surface area contributed by atoms with E-state index in [4.69, 9.17) is 4.74 Å². The van der Waals surface area contributed by atoms with E-state index in [9.17, 15) is 18.9 Å². The van der Waals surface area contributed by atoms with Crippen LogP contribution in [0.25, 0.3) is 12.2 Å². The fourth-order valence-corrected chi connectivity index (χ4v) is 5.86. The van der Waals surface area contributed by atoms with Crippen LogP contribution in [0.1, 0.15) is 27.0 Å². The van der Waals surface area contributed by atoms with Crippen molar-refractivity contribution in [2.45, 2.75) is 18.0 Å². The average molecular weight is 535 g/mol. The highest BCUT2D eigenvalue weighted by molar-refractivity contribution is 7.89. The number of nitrogens with one attached hydrogen (secondary N) is 1. The Bertz CT molecular complexity index is 1360. The highest BCUT2D eigenvalue weighted by Gasteiger charge is 2.41. The minimum atomic E-state index is -1.74. The van der Waals surface area contributed by atoms with Crippen molar-refractivity contribution in [2.75, 3.05) is 7.11 Å². The number of carbonyl (C=O) groups excluding carboxylic acids is 1. The lowest BCUT2D eigenvalue weighted by Gasteiger charge is -2.24. The van der Waals surface area contributed by atoms with Gasteiger partial charge in [0.2, 0.25) is 0 Å². The molecule has 1 aliphatic rings. The zero-order valence-electron chi connectivity index (χ0n) is 20.0. The molecule has 0 saturated carbocycles. The number of ketones is 1. The molecular formula is C28H26N2O5S2. The molecule has 3 aromatic rings. The standard InChI is InChI=1S/C28H26N2O5S2/c1-35-25-10-6-5-9-22(25)24(31)16-15-19-11-13-21(14-12-19)18-26-29-28(36)30(37(26)34)23(27(32)33)17-20-7-3-2-4-8-20/h2-16,18,23,28-29,36H,17H2,1H3,(H,32,33)/b16-15+,26-18-/t23-,28-,37?/m0/s1. The van der Waals surface area contributed by atoms with E-state index < -0.39 is 28.5 Å². The highest BCUT2D eigenvalue weighted by Crippen LogP contribution is 2.27. The number of rotatable bonds is 9. The van der Waals surface area contributed by atoms with E-state index in [-0.39, 0.29) is 12.2 Å². The maximum Gasteiger partial charge on any atom is 0.322 e. The molecule has 1 aliphatic heterocycles. The minimum absolute atomic E-state index is 0.169. The number of carboxylic acids is 1. The van der Waals surface area contributed by atoms with Crippen LogP contribution in [0, 0.1) is 0 Å². The molecule has 1 saturated heterocycles. The molecule has 1 fully saturated rings. The van der Waals surface area contributed by atoms with Gasteiger partial charge in [-0.3, -0.25) is 9.59 Å². The zero-order chi connectivity index (χ0) is 26.4. The van der Waals surface area contributed by atoms with Crippen LogP contribution in [0.2, 0.25) is 0 Å². The van der Waals surface area contributed by atoms with Gasteiger partial charge in [0.1, 0.15) is 33.3 Å². The first-order valence-corrected chi connectivity index (χ1v) is 13.1. The molecule has 1 unspecified atom stereocenters. The zero-order valence-corrected chi connectivity index (χ0v) is 21.7. The van der Waals surface area contributed by atoms with E-state index in [1.165, 1.54) is 17.5 Å². The van der Waals surface area contributed by atoms with Crippen LogP contribution in [0.4, 0.5) is 0 Å². The summed E-state index contributed by atoms with van der Waals surface area (Å²) in [6.07, 6.45) is 5.10. The van der Waals surface area contributed by atoms with Crippen molar-refractivity contribution in [2.24, 2.45) is 0 Å². The first-order chi connectivity index (χ1) is 17.9. The number of hydrogen-bond donors (Lipinski definition) is 3. The average Bonchev–Trinajstić information content (AvgIpc) is 3.19. The predicted molar refractivity (Wildman–Crippen MR) is 148 cm³/mol. The summed E-state index contributed by atoms with van der Waals surface area (Å²) >= 11 is 4.45. The molecular weight excluding hydrogens is 508 g/mol. The van der Waals surface area contributed by atoms with Crippen molar-refractivity contribution in [1.29, 1.82) is 0 Å². The van der Waals surface area contributed by atoms with Gasteiger partial charge in [0.15, 0.2) is 5.78 Å². The molecule has 37 heavy (non-hydrogen) atoms. The topological polar surface area (TPSA) is 95.9 Å². The second-order valence-corrected chi connectivity index (χ2v) is 10.1. The molecule has 7 nitrogen and oxygen atoms in total. The van der Waals surface area contributed by atoms with Gasteiger partial charge in [-0.15, -0.1) is 12.6 Å². The van der Waals surface area contributed by atoms with Gasteiger partial charge in [-0.1, -0.05) is 72.8 Å². The third kappa shape index (κ3) is 6.37. The van der Waals surface area contributed by atoms with Crippen LogP contribution < -0.4 is 10.1 Å². The van der Waals surface area contributed by atoms with Crippen LogP contribution >= 0.6 is 12.6 Å². The number of aliphatic carboxylic acids is 1. The highest BCUT2D eigenvalue weighted by atomic mass is 32.2. The smallest absolute Gasteiger partial charge is 0.322 e. The summed E-state index contributed by atoms with van der Waals surface area (Å²) in [6, 6.07) is 22.6. The van der Waals surface area contributed by atoms with E-state index in [2.05, 4.69) is 17.9 Å². The van der Waals surface area contributed by atoms with Crippen molar-refractivity contribution in [3.63, 3.8) is 0 Å². The normalized spacial score (nSPS) is 19.6. The van der Waals surface area contributed by atoms with Gasteiger partial charge in [0.05, 0.1) is 12.7 Å². The number of allylic oxidation sites excluding steroid dienone is 1. The fourth-order valence-electron chi connectivity index (χ4n) is 3.91. The Morgan fingerprint density at radius 3 is 2.38 bits per heavy atom. The summed E-state index contributed by atoms with van der Waals surface area (Å²) < 4.78 is 19.8. The van der Waals surface area contributed by atoms with E-state index in [0.717, 1.165) is 16.7 Å². The lowest BCUT2D eigenvalue weighted by atomic mass is 10.1. The minimum Gasteiger partial charge on any atom is -0.496 e. The first kappa shape index (κ1) is 26.4. The summed E-state index contributed by atoms with van der Waals surface area (Å²) in [5.74, 6) is -0.725. The van der Waals surface area contributed by atoms with Crippen LogP contribution in [-0.2, 0) is 22.2 Å². The second kappa shape index (κ2) is 12.1. The maximum atomic E-state index is 13.2. The van der Waals surface area contributed by atoms with Gasteiger partial charge < -0.3 is 15.2 Å². The molecule has 2 N–H and O–H groups in total. The van der Waals surface area contributed by atoms with E-state index >= 15 is 0 Å². The van der Waals surface area contributed by atoms with Crippen LogP contribution in [0.15, 0.2) is 90.0 Å². The number of nitrogens with zero attached hydrogens (tertiary/aromatic N) is 1. The molecule has 9 heteroatoms. The van der Waals surface area contributed by atoms with Crippen LogP contribution in [-0.4, -0.2) is 44.0 Å². The summed E-state index contributed by atoms with van der Waals surface area (Å²) in [4.78, 5) is 24.6. The molecule has 3 atom stereocenters. The van der Waals surface area contributed by atoms with Crippen LogP contribution in [0.5, 0.6) is 5.75 Å². The number of ether oxygens (including phenoxy) is 1. The molecule has 0 radical (unpaired) electrons. The van der Waals surface area contributed by atoms with E-state index in [1.54, 1.807) is 36.4 Å². The Morgan fingerprint density at radius 1 is 1.05 bits per heavy atom. The number of carbonyl (C=O) groups is 2. The number of benzene rings is 3. The quantitative estimate of drug-likeness (QED) is 0.214. The van der Waals surface area contributed by atoms with Gasteiger partial charge in [-0.2, -0.15) is 4.31 Å². The molecule has 190 valence electrons. The van der Waals surface area contributed by atoms with Gasteiger partial charge in [-0.05, 0) is 47.4 Å². The predicted octanol–water partition coefficient (Wildman–Crippen LogP) is 4.37. The van der Waals surface area contributed by atoms with Crippen molar-refractivity contribution in [3.05, 3.63) is 112 Å². The third-order valence-corrected chi connectivity index (χ3v) is 7.78. The molecule has 0 aromatic heterocycles. The molecule has 0 bridgehead atoms. The number of thiol groups is 1. The van der Waals surface area contributed by atoms with E-state index in [0.29, 0.717) is 16.3 Å². The van der Waals surface area contributed by atoms with E-state index in [1.807, 2.05) is 54.6 Å². The molecule has 0 amide bonds. The number of para-hydroxylation sites is 1.